The molecule has 3 N–H and O–H groups in total. The number of esters is 4. The summed E-state index contributed by atoms with van der Waals surface area (Å²) in [4.78, 5) is 72.9. The van der Waals surface area contributed by atoms with Crippen LogP contribution in [0.2, 0.25) is 0 Å². The van der Waals surface area contributed by atoms with E-state index < -0.39 is 97.5 Å². The molecule has 0 radical (unpaired) electrons. The number of rotatable bonds is 79. The van der Waals surface area contributed by atoms with E-state index in [1.165, 1.54) is 225 Å². The Morgan fingerprint density at radius 3 is 0.760 bits per heavy atom. The Labute approximate surface area is 613 Å². The first-order chi connectivity index (χ1) is 48.3. The number of carbonyl (C=O) groups is 4. The van der Waals surface area contributed by atoms with Crippen LogP contribution in [-0.2, 0) is 65.4 Å². The van der Waals surface area contributed by atoms with Gasteiger partial charge < -0.3 is 33.8 Å². The highest BCUT2D eigenvalue weighted by Crippen LogP contribution is 2.45. The lowest BCUT2D eigenvalue weighted by Crippen LogP contribution is -2.30. The minimum atomic E-state index is -4.96. The van der Waals surface area contributed by atoms with Gasteiger partial charge in [0.25, 0.3) is 0 Å². The average molecular weight is 1470 g/mol. The van der Waals surface area contributed by atoms with E-state index in [4.69, 9.17) is 37.0 Å². The monoisotopic (exact) mass is 1470 g/mol. The fraction of sp³-hybridized carbons (Fsp3) is 0.951. The second kappa shape index (κ2) is 71.3. The van der Waals surface area contributed by atoms with Crippen molar-refractivity contribution in [2.75, 3.05) is 39.6 Å². The summed E-state index contributed by atoms with van der Waals surface area (Å²) in [6.45, 7) is 12.0. The van der Waals surface area contributed by atoms with Crippen molar-refractivity contribution in [1.82, 2.24) is 0 Å². The van der Waals surface area contributed by atoms with Gasteiger partial charge in [-0.05, 0) is 43.4 Å². The van der Waals surface area contributed by atoms with E-state index in [1.807, 2.05) is 0 Å². The van der Waals surface area contributed by atoms with Gasteiger partial charge in [0.1, 0.15) is 19.3 Å². The Morgan fingerprint density at radius 2 is 0.510 bits per heavy atom. The van der Waals surface area contributed by atoms with Crippen LogP contribution in [-0.4, -0.2) is 96.7 Å². The molecule has 0 fully saturated rings. The summed E-state index contributed by atoms with van der Waals surface area (Å²) < 4.78 is 68.6. The molecular formula is C81H158O17P2. The predicted molar refractivity (Wildman–Crippen MR) is 409 cm³/mol. The van der Waals surface area contributed by atoms with Crippen LogP contribution in [0.1, 0.15) is 421 Å². The van der Waals surface area contributed by atoms with Crippen LogP contribution in [0.15, 0.2) is 0 Å². The van der Waals surface area contributed by atoms with Crippen LogP contribution in [0.4, 0.5) is 0 Å². The van der Waals surface area contributed by atoms with Crippen molar-refractivity contribution in [2.45, 2.75) is 439 Å². The zero-order valence-corrected chi connectivity index (χ0v) is 67.5. The molecule has 0 aliphatic rings. The zero-order chi connectivity index (χ0) is 73.7. The maximum Gasteiger partial charge on any atom is 0.472 e. The Bertz CT molecular complexity index is 1940. The van der Waals surface area contributed by atoms with Gasteiger partial charge in [0, 0.05) is 25.7 Å². The van der Waals surface area contributed by atoms with Gasteiger partial charge in [0.05, 0.1) is 26.4 Å². The molecule has 0 aliphatic carbocycles. The number of unbranched alkanes of at least 4 members (excludes halogenated alkanes) is 45. The van der Waals surface area contributed by atoms with E-state index in [0.717, 1.165) is 114 Å². The molecule has 0 aromatic heterocycles. The zero-order valence-electron chi connectivity index (χ0n) is 65.7. The summed E-state index contributed by atoms with van der Waals surface area (Å²) >= 11 is 0. The number of aliphatic hydroxyl groups excluding tert-OH is 1. The van der Waals surface area contributed by atoms with Crippen LogP contribution in [0, 0.1) is 17.8 Å². The molecule has 0 rings (SSSR count). The molecule has 19 heteroatoms. The number of hydrogen-bond acceptors (Lipinski definition) is 15. The second-order valence-corrected chi connectivity index (χ2v) is 33.0. The molecular weight excluding hydrogens is 1310 g/mol. The Kier molecular flexibility index (Phi) is 69.9. The molecule has 7 atom stereocenters. The smallest absolute Gasteiger partial charge is 0.462 e. The van der Waals surface area contributed by atoms with Crippen LogP contribution in [0.25, 0.3) is 0 Å². The third-order valence-corrected chi connectivity index (χ3v) is 21.5. The molecule has 0 amide bonds. The van der Waals surface area contributed by atoms with E-state index in [1.54, 1.807) is 0 Å². The van der Waals surface area contributed by atoms with Gasteiger partial charge >= 0.3 is 39.5 Å². The van der Waals surface area contributed by atoms with Crippen molar-refractivity contribution >= 4 is 39.5 Å². The molecule has 100 heavy (non-hydrogen) atoms. The molecule has 0 bridgehead atoms. The number of hydrogen-bond donors (Lipinski definition) is 3. The first-order valence-corrected chi connectivity index (χ1v) is 44.9. The topological polar surface area (TPSA) is 237 Å². The van der Waals surface area contributed by atoms with Gasteiger partial charge in [0.15, 0.2) is 12.2 Å². The molecule has 17 nitrogen and oxygen atoms in total. The SMILES string of the molecule is CCCCCCCCCCCCCC(=O)O[C@H](COC(=O)CCCCCCCCC(C)CC)COP(=O)(O)OC[C@H](O)COP(=O)(O)OC[C@@H](COC(=O)CCCCCCCCCCCCCCCCC(C)C)OC(=O)CCCCCCCCCCCCCCCCCCCCC(C)CC. The lowest BCUT2D eigenvalue weighted by atomic mass is 9.99. The summed E-state index contributed by atoms with van der Waals surface area (Å²) in [5, 5.41) is 10.6. The molecule has 0 aliphatic heterocycles. The number of carbonyl (C=O) groups excluding carboxylic acids is 4. The van der Waals surface area contributed by atoms with Crippen LogP contribution >= 0.6 is 15.6 Å². The molecule has 0 spiro atoms. The van der Waals surface area contributed by atoms with Crippen molar-refractivity contribution in [1.29, 1.82) is 0 Å². The fourth-order valence-corrected chi connectivity index (χ4v) is 14.0. The van der Waals surface area contributed by atoms with Crippen molar-refractivity contribution in [2.24, 2.45) is 17.8 Å². The van der Waals surface area contributed by atoms with Gasteiger partial charge in [-0.3, -0.25) is 37.3 Å². The third-order valence-electron chi connectivity index (χ3n) is 19.6. The number of phosphoric ester groups is 2. The van der Waals surface area contributed by atoms with Crippen molar-refractivity contribution in [3.05, 3.63) is 0 Å². The van der Waals surface area contributed by atoms with E-state index >= 15 is 0 Å². The standard InChI is InChI=1S/C81H158O17P2/c1-8-11-12-13-14-15-28-36-41-50-57-64-80(85)98-77(69-92-79(84)63-56-49-44-43-47-54-61-74(7)10-3)71-96-100(89,90)94-67-75(82)66-93-99(87,88)95-70-76(68-91-78(83)62-55-48-40-35-31-26-23-22-24-29-33-38-45-52-59-72(4)5)97-81(86)65-58-51-42-37-32-27-21-19-17-16-18-20-25-30-34-39-46-53-60-73(6)9-2/h72-77,82H,8-71H2,1-7H3,(H,87,88)(H,89,90)/t73?,74?,75-,76-,77-/m1/s1. The predicted octanol–water partition coefficient (Wildman–Crippen LogP) is 24.1. The Hall–Kier alpha value is -1.94. The van der Waals surface area contributed by atoms with Gasteiger partial charge in [-0.1, -0.05) is 370 Å². The van der Waals surface area contributed by atoms with Crippen LogP contribution in [0.3, 0.4) is 0 Å². The van der Waals surface area contributed by atoms with E-state index in [-0.39, 0.29) is 25.7 Å². The minimum Gasteiger partial charge on any atom is -0.462 e. The molecule has 0 aromatic carbocycles. The highest BCUT2D eigenvalue weighted by atomic mass is 31.2. The Balaban J connectivity index is 5.20. The fourth-order valence-electron chi connectivity index (χ4n) is 12.4. The maximum atomic E-state index is 13.1. The summed E-state index contributed by atoms with van der Waals surface area (Å²) in [5.74, 6) is 0.289. The molecule has 0 saturated carbocycles. The van der Waals surface area contributed by atoms with Crippen molar-refractivity contribution in [3.8, 4) is 0 Å². The number of phosphoric acid groups is 2. The number of aliphatic hydroxyl groups is 1. The molecule has 0 heterocycles. The van der Waals surface area contributed by atoms with E-state index in [2.05, 4.69) is 48.5 Å². The van der Waals surface area contributed by atoms with Crippen molar-refractivity contribution < 1.29 is 80.2 Å². The summed E-state index contributed by atoms with van der Waals surface area (Å²) in [6.07, 6.45) is 59.7. The highest BCUT2D eigenvalue weighted by molar-refractivity contribution is 7.47. The van der Waals surface area contributed by atoms with Crippen LogP contribution < -0.4 is 0 Å². The van der Waals surface area contributed by atoms with Gasteiger partial charge in [0.2, 0.25) is 0 Å². The summed E-state index contributed by atoms with van der Waals surface area (Å²) in [7, 11) is -9.92. The number of ether oxygens (including phenoxy) is 4. The minimum absolute atomic E-state index is 0.106. The Morgan fingerprint density at radius 1 is 0.290 bits per heavy atom. The summed E-state index contributed by atoms with van der Waals surface area (Å²) in [5.41, 5.74) is 0. The van der Waals surface area contributed by atoms with Crippen molar-refractivity contribution in [3.63, 3.8) is 0 Å². The van der Waals surface area contributed by atoms with Crippen LogP contribution in [0.5, 0.6) is 0 Å². The van der Waals surface area contributed by atoms with Gasteiger partial charge in [-0.25, -0.2) is 9.13 Å². The lowest BCUT2D eigenvalue weighted by Gasteiger charge is -2.21. The average Bonchev–Trinajstić information content (AvgIpc) is 0.964. The lowest BCUT2D eigenvalue weighted by molar-refractivity contribution is -0.161. The first-order valence-electron chi connectivity index (χ1n) is 41.9. The molecule has 0 aromatic rings. The molecule has 594 valence electrons. The quantitative estimate of drug-likeness (QED) is 0.0222. The van der Waals surface area contributed by atoms with Gasteiger partial charge in [-0.2, -0.15) is 0 Å². The third kappa shape index (κ3) is 71.7. The first kappa shape index (κ1) is 98.1. The maximum absolute atomic E-state index is 13.1. The normalized spacial score (nSPS) is 14.5. The van der Waals surface area contributed by atoms with E-state index in [9.17, 15) is 43.2 Å². The molecule has 4 unspecified atom stereocenters. The van der Waals surface area contributed by atoms with E-state index in [0.29, 0.717) is 25.7 Å². The highest BCUT2D eigenvalue weighted by Gasteiger charge is 2.30. The van der Waals surface area contributed by atoms with Gasteiger partial charge in [-0.15, -0.1) is 0 Å². The largest absolute Gasteiger partial charge is 0.472 e. The molecule has 0 saturated heterocycles. The second-order valence-electron chi connectivity index (χ2n) is 30.1. The summed E-state index contributed by atoms with van der Waals surface area (Å²) in [6, 6.07) is 0.